The van der Waals surface area contributed by atoms with Gasteiger partial charge in [-0.2, -0.15) is 0 Å². The number of aromatic nitrogens is 3. The van der Waals surface area contributed by atoms with Crippen LogP contribution in [0.4, 0.5) is 0 Å². The van der Waals surface area contributed by atoms with Crippen molar-refractivity contribution in [3.8, 4) is 0 Å². The van der Waals surface area contributed by atoms with Gasteiger partial charge in [-0.15, -0.1) is 5.10 Å². The van der Waals surface area contributed by atoms with Gasteiger partial charge in [0.2, 0.25) is 5.91 Å². The molecule has 1 heterocycles. The van der Waals surface area contributed by atoms with E-state index >= 15 is 0 Å². The smallest absolute Gasteiger partial charge is 0.358 e. The average molecular weight is 330 g/mol. The van der Waals surface area contributed by atoms with Crippen LogP contribution >= 0.6 is 0 Å². The number of carboxylic acids is 1. The zero-order valence-electron chi connectivity index (χ0n) is 14.3. The van der Waals surface area contributed by atoms with E-state index in [0.717, 1.165) is 11.1 Å². The van der Waals surface area contributed by atoms with Crippen molar-refractivity contribution in [2.45, 2.75) is 40.3 Å². The Kier molecular flexibility index (Phi) is 5.02. The van der Waals surface area contributed by atoms with Crippen molar-refractivity contribution >= 4 is 11.9 Å². The number of aromatic carboxylic acids is 1. The van der Waals surface area contributed by atoms with E-state index in [-0.39, 0.29) is 29.6 Å². The maximum atomic E-state index is 12.4. The van der Waals surface area contributed by atoms with E-state index in [1.165, 1.54) is 10.9 Å². The maximum Gasteiger partial charge on any atom is 0.358 e. The van der Waals surface area contributed by atoms with Crippen LogP contribution in [-0.2, 0) is 11.3 Å². The molecule has 1 aromatic carbocycles. The standard InChI is InChI=1S/C17H22N4O3/c1-11-7-5-6-8-12(11)15(17(2,3)4)18-14(22)10-21-9-13(16(23)24)19-20-21/h5-9,15H,10H2,1-4H3,(H,18,22)(H,23,24). The summed E-state index contributed by atoms with van der Waals surface area (Å²) in [5.74, 6) is -1.42. The molecule has 0 radical (unpaired) electrons. The SMILES string of the molecule is Cc1ccccc1C(NC(=O)Cn1cc(C(=O)O)nn1)C(C)(C)C. The van der Waals surface area contributed by atoms with Crippen molar-refractivity contribution in [2.24, 2.45) is 5.41 Å². The fourth-order valence-corrected chi connectivity index (χ4v) is 2.50. The van der Waals surface area contributed by atoms with Gasteiger partial charge in [0.25, 0.3) is 0 Å². The summed E-state index contributed by atoms with van der Waals surface area (Å²) in [6.07, 6.45) is 1.24. The minimum Gasteiger partial charge on any atom is -0.476 e. The minimum absolute atomic E-state index is 0.0846. The van der Waals surface area contributed by atoms with Gasteiger partial charge in [-0.25, -0.2) is 9.48 Å². The molecule has 7 nitrogen and oxygen atoms in total. The van der Waals surface area contributed by atoms with Gasteiger partial charge in [-0.3, -0.25) is 4.79 Å². The molecule has 2 rings (SSSR count). The first-order valence-corrected chi connectivity index (χ1v) is 7.67. The summed E-state index contributed by atoms with van der Waals surface area (Å²) in [5, 5.41) is 19.0. The van der Waals surface area contributed by atoms with E-state index in [0.29, 0.717) is 0 Å². The predicted molar refractivity (Wildman–Crippen MR) is 88.5 cm³/mol. The molecule has 0 aliphatic rings. The zero-order chi connectivity index (χ0) is 17.9. The largest absolute Gasteiger partial charge is 0.476 e. The Morgan fingerprint density at radius 1 is 1.29 bits per heavy atom. The van der Waals surface area contributed by atoms with Gasteiger partial charge in [0.1, 0.15) is 6.54 Å². The van der Waals surface area contributed by atoms with E-state index in [1.807, 2.05) is 31.2 Å². The summed E-state index contributed by atoms with van der Waals surface area (Å²) in [7, 11) is 0. The second-order valence-corrected chi connectivity index (χ2v) is 6.83. The number of nitrogens with one attached hydrogen (secondary N) is 1. The highest BCUT2D eigenvalue weighted by atomic mass is 16.4. The molecule has 2 aromatic rings. The highest BCUT2D eigenvalue weighted by molar-refractivity contribution is 5.84. The first-order chi connectivity index (χ1) is 11.2. The molecule has 128 valence electrons. The molecule has 0 fully saturated rings. The van der Waals surface area contributed by atoms with E-state index in [4.69, 9.17) is 5.11 Å². The number of hydrogen-bond acceptors (Lipinski definition) is 4. The lowest BCUT2D eigenvalue weighted by molar-refractivity contribution is -0.123. The fraction of sp³-hybridized carbons (Fsp3) is 0.412. The van der Waals surface area contributed by atoms with Crippen LogP contribution in [0.25, 0.3) is 0 Å². The van der Waals surface area contributed by atoms with E-state index in [1.54, 1.807) is 0 Å². The molecule has 0 spiro atoms. The van der Waals surface area contributed by atoms with E-state index in [9.17, 15) is 9.59 Å². The monoisotopic (exact) mass is 330 g/mol. The van der Waals surface area contributed by atoms with Gasteiger partial charge >= 0.3 is 5.97 Å². The van der Waals surface area contributed by atoms with Crippen molar-refractivity contribution in [3.63, 3.8) is 0 Å². The highest BCUT2D eigenvalue weighted by Crippen LogP contribution is 2.34. The third-order valence-electron chi connectivity index (χ3n) is 3.73. The number of hydrogen-bond donors (Lipinski definition) is 2. The molecule has 1 aromatic heterocycles. The van der Waals surface area contributed by atoms with Crippen molar-refractivity contribution in [1.29, 1.82) is 0 Å². The lowest BCUT2D eigenvalue weighted by atomic mass is 9.81. The molecule has 24 heavy (non-hydrogen) atoms. The van der Waals surface area contributed by atoms with Crippen LogP contribution < -0.4 is 5.32 Å². The molecule has 1 atom stereocenters. The second kappa shape index (κ2) is 6.82. The number of carbonyl (C=O) groups is 2. The van der Waals surface area contributed by atoms with Crippen LogP contribution in [0.3, 0.4) is 0 Å². The molecule has 0 saturated carbocycles. The van der Waals surface area contributed by atoms with Crippen molar-refractivity contribution in [1.82, 2.24) is 20.3 Å². The number of rotatable bonds is 5. The molecule has 0 saturated heterocycles. The Balaban J connectivity index is 2.16. The van der Waals surface area contributed by atoms with Gasteiger partial charge in [0.15, 0.2) is 5.69 Å². The Morgan fingerprint density at radius 3 is 2.50 bits per heavy atom. The number of nitrogens with zero attached hydrogens (tertiary/aromatic N) is 3. The van der Waals surface area contributed by atoms with Crippen LogP contribution in [0.1, 0.15) is 48.4 Å². The first kappa shape index (κ1) is 17.7. The summed E-state index contributed by atoms with van der Waals surface area (Å²) in [6, 6.07) is 7.75. The molecule has 0 aliphatic heterocycles. The number of aryl methyl sites for hydroxylation is 1. The summed E-state index contributed by atoms with van der Waals surface area (Å²) < 4.78 is 1.22. The fourth-order valence-electron chi connectivity index (χ4n) is 2.50. The normalized spacial score (nSPS) is 12.7. The van der Waals surface area contributed by atoms with Gasteiger partial charge in [-0.05, 0) is 23.5 Å². The summed E-state index contributed by atoms with van der Waals surface area (Å²) in [4.78, 5) is 23.2. The van der Waals surface area contributed by atoms with Gasteiger partial charge in [0, 0.05) is 0 Å². The van der Waals surface area contributed by atoms with Crippen LogP contribution in [-0.4, -0.2) is 32.0 Å². The molecule has 0 bridgehead atoms. The predicted octanol–water partition coefficient (Wildman–Crippen LogP) is 2.19. The molecule has 2 N–H and O–H groups in total. The minimum atomic E-state index is -1.17. The second-order valence-electron chi connectivity index (χ2n) is 6.83. The number of benzene rings is 1. The molecule has 1 amide bonds. The third kappa shape index (κ3) is 4.18. The van der Waals surface area contributed by atoms with E-state index < -0.39 is 5.97 Å². The summed E-state index contributed by atoms with van der Waals surface area (Å²) >= 11 is 0. The maximum absolute atomic E-state index is 12.4. The van der Waals surface area contributed by atoms with Crippen LogP contribution in [0.2, 0.25) is 0 Å². The van der Waals surface area contributed by atoms with Crippen molar-refractivity contribution in [3.05, 3.63) is 47.3 Å². The molecule has 1 unspecified atom stereocenters. The van der Waals surface area contributed by atoms with Gasteiger partial charge < -0.3 is 10.4 Å². The summed E-state index contributed by atoms with van der Waals surface area (Å²) in [5.41, 5.74) is 1.79. The molecular formula is C17H22N4O3. The van der Waals surface area contributed by atoms with Gasteiger partial charge in [0.05, 0.1) is 12.2 Å². The molecule has 7 heteroatoms. The van der Waals surface area contributed by atoms with Gasteiger partial charge in [-0.1, -0.05) is 50.3 Å². The Morgan fingerprint density at radius 2 is 1.96 bits per heavy atom. The quantitative estimate of drug-likeness (QED) is 0.876. The Bertz CT molecular complexity index is 746. The first-order valence-electron chi connectivity index (χ1n) is 7.67. The van der Waals surface area contributed by atoms with Crippen LogP contribution in [0, 0.1) is 12.3 Å². The lowest BCUT2D eigenvalue weighted by Gasteiger charge is -2.33. The topological polar surface area (TPSA) is 97.1 Å². The average Bonchev–Trinajstić information content (AvgIpc) is 2.93. The number of carbonyl (C=O) groups excluding carboxylic acids is 1. The Labute approximate surface area is 140 Å². The number of amides is 1. The summed E-state index contributed by atoms with van der Waals surface area (Å²) in [6.45, 7) is 8.10. The van der Waals surface area contributed by atoms with E-state index in [2.05, 4.69) is 36.4 Å². The third-order valence-corrected chi connectivity index (χ3v) is 3.73. The Hall–Kier alpha value is -2.70. The molecular weight excluding hydrogens is 308 g/mol. The lowest BCUT2D eigenvalue weighted by Crippen LogP contribution is -2.38. The van der Waals surface area contributed by atoms with Crippen LogP contribution in [0.15, 0.2) is 30.5 Å². The van der Waals surface area contributed by atoms with Crippen LogP contribution in [0.5, 0.6) is 0 Å². The molecule has 0 aliphatic carbocycles. The van der Waals surface area contributed by atoms with Crippen molar-refractivity contribution in [2.75, 3.05) is 0 Å². The van der Waals surface area contributed by atoms with Crippen molar-refractivity contribution < 1.29 is 14.7 Å². The zero-order valence-corrected chi connectivity index (χ0v) is 14.3. The highest BCUT2D eigenvalue weighted by Gasteiger charge is 2.29. The number of carboxylic acid groups (broad SMARTS) is 1.